The molecule has 0 saturated heterocycles. The predicted molar refractivity (Wildman–Crippen MR) is 217 cm³/mol. The molecule has 0 fully saturated rings. The van der Waals surface area contributed by atoms with E-state index in [1.165, 1.54) is 43.6 Å². The number of aromatic nitrogens is 2. The molecule has 0 aliphatic carbocycles. The van der Waals surface area contributed by atoms with Crippen molar-refractivity contribution in [3.05, 3.63) is 188 Å². The van der Waals surface area contributed by atoms with Crippen LogP contribution < -0.4 is 4.90 Å². The van der Waals surface area contributed by atoms with Crippen LogP contribution in [-0.4, -0.2) is 9.55 Å². The number of nitrogens with zero attached hydrogens (tertiary/aromatic N) is 3. The molecular weight excluding hydrogens is 658 g/mol. The van der Waals surface area contributed by atoms with Gasteiger partial charge in [-0.05, 0) is 82.9 Å². The number of hydrogen-bond donors (Lipinski definition) is 0. The Bertz CT molecular complexity index is 2910. The smallest absolute Gasteiger partial charge is 0.143 e. The molecule has 3 aromatic heterocycles. The lowest BCUT2D eigenvalue weighted by Gasteiger charge is -2.26. The lowest BCUT2D eigenvalue weighted by Crippen LogP contribution is -2.09. The fraction of sp³-hybridized carbons (Fsp3) is 0. The maximum atomic E-state index is 14.3. The van der Waals surface area contributed by atoms with Gasteiger partial charge in [-0.25, -0.2) is 4.39 Å². The van der Waals surface area contributed by atoms with E-state index in [2.05, 4.69) is 172 Å². The van der Waals surface area contributed by atoms with Crippen molar-refractivity contribution in [3.8, 4) is 27.9 Å². The van der Waals surface area contributed by atoms with Crippen LogP contribution in [0.4, 0.5) is 21.5 Å². The summed E-state index contributed by atoms with van der Waals surface area (Å²) in [6.07, 6.45) is 2.95. The van der Waals surface area contributed by atoms with Gasteiger partial charge in [-0.1, -0.05) is 103 Å². The van der Waals surface area contributed by atoms with Crippen molar-refractivity contribution in [2.75, 3.05) is 4.90 Å². The summed E-state index contributed by atoms with van der Waals surface area (Å²) in [4.78, 5) is 6.47. The number of hydrogen-bond acceptors (Lipinski definition) is 3. The molecule has 52 heavy (non-hydrogen) atoms. The molecule has 3 heterocycles. The first kappa shape index (κ1) is 30.3. The van der Waals surface area contributed by atoms with Crippen LogP contribution in [0.5, 0.6) is 0 Å². The molecule has 0 saturated carbocycles. The zero-order valence-electron chi connectivity index (χ0n) is 27.9. The van der Waals surface area contributed by atoms with Crippen LogP contribution in [0.25, 0.3) is 69.9 Å². The Labute approximate surface area is 304 Å². The molecule has 0 spiro atoms. The molecule has 7 aromatic carbocycles. The number of pyridine rings is 1. The first-order valence-corrected chi connectivity index (χ1v) is 18.1. The molecule has 246 valence electrons. The van der Waals surface area contributed by atoms with Crippen molar-refractivity contribution in [1.29, 1.82) is 0 Å². The predicted octanol–water partition coefficient (Wildman–Crippen LogP) is 13.5. The van der Waals surface area contributed by atoms with Crippen LogP contribution in [-0.2, 0) is 0 Å². The van der Waals surface area contributed by atoms with Gasteiger partial charge in [0, 0.05) is 54.1 Å². The molecule has 0 bridgehead atoms. The summed E-state index contributed by atoms with van der Waals surface area (Å²) >= 11 is 1.84. The maximum Gasteiger partial charge on any atom is 0.143 e. The molecule has 0 aliphatic heterocycles. The lowest BCUT2D eigenvalue weighted by molar-refractivity contribution is 0.620. The summed E-state index contributed by atoms with van der Waals surface area (Å²) in [6, 6.07) is 59.9. The van der Waals surface area contributed by atoms with E-state index < -0.39 is 0 Å². The van der Waals surface area contributed by atoms with Crippen molar-refractivity contribution in [2.45, 2.75) is 0 Å². The molecule has 0 aliphatic rings. The van der Waals surface area contributed by atoms with E-state index >= 15 is 0 Å². The zero-order chi connectivity index (χ0) is 34.6. The van der Waals surface area contributed by atoms with Crippen LogP contribution >= 0.6 is 11.3 Å². The monoisotopic (exact) mass is 687 g/mol. The minimum Gasteiger partial charge on any atom is -0.310 e. The van der Waals surface area contributed by atoms with Gasteiger partial charge in [0.25, 0.3) is 0 Å². The normalized spacial score (nSPS) is 11.6. The third-order valence-corrected chi connectivity index (χ3v) is 11.1. The summed E-state index contributed by atoms with van der Waals surface area (Å²) < 4.78 is 18.9. The molecule has 10 aromatic rings. The van der Waals surface area contributed by atoms with E-state index in [9.17, 15) is 4.39 Å². The van der Waals surface area contributed by atoms with Crippen molar-refractivity contribution in [1.82, 2.24) is 9.55 Å². The molecule has 0 atom stereocenters. The molecule has 3 nitrogen and oxygen atoms in total. The second kappa shape index (κ2) is 12.3. The third-order valence-electron chi connectivity index (χ3n) is 9.93. The first-order chi connectivity index (χ1) is 25.7. The van der Waals surface area contributed by atoms with E-state index in [-0.39, 0.29) is 5.82 Å². The summed E-state index contributed by atoms with van der Waals surface area (Å²) in [5, 5.41) is 4.80. The number of halogens is 1. The van der Waals surface area contributed by atoms with Crippen molar-refractivity contribution in [3.63, 3.8) is 0 Å². The average molecular weight is 688 g/mol. The Morgan fingerprint density at radius 2 is 1.04 bits per heavy atom. The van der Waals surface area contributed by atoms with Gasteiger partial charge in [0.15, 0.2) is 0 Å². The molecular formula is C47H30FN3S. The van der Waals surface area contributed by atoms with Crippen LogP contribution in [0.15, 0.2) is 182 Å². The molecule has 0 N–H and O–H groups in total. The lowest BCUT2D eigenvalue weighted by atomic mass is 10.0. The maximum absolute atomic E-state index is 14.3. The Morgan fingerprint density at radius 1 is 0.442 bits per heavy atom. The largest absolute Gasteiger partial charge is 0.310 e. The Balaban J connectivity index is 1.07. The van der Waals surface area contributed by atoms with Gasteiger partial charge in [0.1, 0.15) is 5.82 Å². The molecule has 0 amide bonds. The van der Waals surface area contributed by atoms with Gasteiger partial charge < -0.3 is 9.47 Å². The fourth-order valence-corrected chi connectivity index (χ4v) is 8.63. The van der Waals surface area contributed by atoms with Crippen molar-refractivity contribution in [2.24, 2.45) is 0 Å². The van der Waals surface area contributed by atoms with Gasteiger partial charge in [0.05, 0.1) is 29.1 Å². The second-order valence-corrected chi connectivity index (χ2v) is 14.1. The summed E-state index contributed by atoms with van der Waals surface area (Å²) in [5.74, 6) is -0.356. The van der Waals surface area contributed by atoms with Gasteiger partial charge in [-0.3, -0.25) is 4.98 Å². The van der Waals surface area contributed by atoms with Crippen LogP contribution in [0, 0.1) is 5.82 Å². The van der Waals surface area contributed by atoms with Gasteiger partial charge in [-0.15, -0.1) is 11.3 Å². The highest BCUT2D eigenvalue weighted by Gasteiger charge is 2.17. The minimum atomic E-state index is -0.356. The van der Waals surface area contributed by atoms with E-state index in [4.69, 9.17) is 0 Å². The number of benzene rings is 7. The fourth-order valence-electron chi connectivity index (χ4n) is 7.49. The Hall–Kier alpha value is -6.56. The first-order valence-electron chi connectivity index (χ1n) is 17.3. The summed E-state index contributed by atoms with van der Waals surface area (Å²) in [7, 11) is 0. The average Bonchev–Trinajstić information content (AvgIpc) is 3.74. The Kier molecular flexibility index (Phi) is 7.18. The zero-order valence-corrected chi connectivity index (χ0v) is 28.8. The summed E-state index contributed by atoms with van der Waals surface area (Å²) in [5.41, 5.74) is 10.6. The second-order valence-electron chi connectivity index (χ2n) is 13.0. The van der Waals surface area contributed by atoms with Gasteiger partial charge >= 0.3 is 0 Å². The van der Waals surface area contributed by atoms with Crippen LogP contribution in [0.3, 0.4) is 0 Å². The number of para-hydroxylation sites is 1. The van der Waals surface area contributed by atoms with E-state index in [0.29, 0.717) is 5.69 Å². The van der Waals surface area contributed by atoms with E-state index in [0.717, 1.165) is 50.0 Å². The number of fused-ring (bicyclic) bond motifs is 6. The van der Waals surface area contributed by atoms with Gasteiger partial charge in [-0.2, -0.15) is 0 Å². The van der Waals surface area contributed by atoms with Crippen LogP contribution in [0.2, 0.25) is 0 Å². The standard InChI is InChI=1S/C47H30FN3S/c48-35-27-39(30-49-29-35)51-44-12-6-4-10-40(44)43-26-34(18-25-45(43)51)33-16-21-37(22-17-33)50(36-19-14-32(15-20-36)31-8-2-1-3-9-31)38-23-24-42-41-11-5-7-13-46(41)52-47(42)28-38/h1-30H. The van der Waals surface area contributed by atoms with Crippen molar-refractivity contribution >= 4 is 70.4 Å². The molecule has 10 rings (SSSR count). The summed E-state index contributed by atoms with van der Waals surface area (Å²) in [6.45, 7) is 0. The number of anilines is 3. The quantitative estimate of drug-likeness (QED) is 0.173. The van der Waals surface area contributed by atoms with Gasteiger partial charge in [0.2, 0.25) is 0 Å². The highest BCUT2D eigenvalue weighted by Crippen LogP contribution is 2.42. The number of rotatable bonds is 6. The topological polar surface area (TPSA) is 21.1 Å². The highest BCUT2D eigenvalue weighted by atomic mass is 32.1. The van der Waals surface area contributed by atoms with Crippen molar-refractivity contribution < 1.29 is 4.39 Å². The van der Waals surface area contributed by atoms with E-state index in [1.54, 1.807) is 6.20 Å². The number of thiophene rings is 1. The minimum absolute atomic E-state index is 0.356. The third kappa shape index (κ3) is 5.13. The van der Waals surface area contributed by atoms with E-state index in [1.807, 2.05) is 17.4 Å². The molecule has 0 unspecified atom stereocenters. The molecule has 5 heteroatoms. The highest BCUT2D eigenvalue weighted by molar-refractivity contribution is 7.25. The molecule has 0 radical (unpaired) electrons. The SMILES string of the molecule is Fc1cncc(-n2c3ccccc3c3cc(-c4ccc(N(c5ccc(-c6ccccc6)cc5)c5ccc6c(c5)sc5ccccc56)cc4)ccc32)c1. The van der Waals surface area contributed by atoms with Crippen LogP contribution in [0.1, 0.15) is 0 Å². The Morgan fingerprint density at radius 3 is 1.81 bits per heavy atom.